The zero-order valence-electron chi connectivity index (χ0n) is 8.81. The average molecular weight is 225 g/mol. The van der Waals surface area contributed by atoms with Crippen LogP contribution in [0.5, 0.6) is 11.5 Å². The lowest BCUT2D eigenvalue weighted by Gasteiger charge is -2.06. The van der Waals surface area contributed by atoms with Crippen molar-refractivity contribution in [3.8, 4) is 11.5 Å². The third kappa shape index (κ3) is 4.18. The molecule has 1 aromatic carbocycles. The minimum absolute atomic E-state index is 0.0205. The first kappa shape index (κ1) is 12.3. The lowest BCUT2D eigenvalue weighted by molar-refractivity contribution is -0.137. The van der Waals surface area contributed by atoms with Gasteiger partial charge in [0.15, 0.2) is 0 Å². The molecular weight excluding hydrogens is 210 g/mol. The number of phenols is 2. The number of carboxylic acids is 1. The molecule has 16 heavy (non-hydrogen) atoms. The average Bonchev–Trinajstić information content (AvgIpc) is 2.20. The fourth-order valence-corrected chi connectivity index (χ4v) is 1.29. The zero-order chi connectivity index (χ0) is 12.0. The van der Waals surface area contributed by atoms with Gasteiger partial charge in [0.1, 0.15) is 11.5 Å². The number of carbonyl (C=O) groups is 1. The lowest BCUT2D eigenvalue weighted by atomic mass is 10.2. The predicted molar refractivity (Wildman–Crippen MR) is 58.3 cm³/mol. The number of phenolic OH excluding ortho intramolecular Hbond substituents is 2. The molecule has 5 heteroatoms. The first-order valence-corrected chi connectivity index (χ1v) is 5.03. The molecule has 0 aliphatic heterocycles. The first-order valence-electron chi connectivity index (χ1n) is 5.03. The summed E-state index contributed by atoms with van der Waals surface area (Å²) < 4.78 is 0. The summed E-state index contributed by atoms with van der Waals surface area (Å²) in [5.41, 5.74) is 0.674. The largest absolute Gasteiger partial charge is 0.508 e. The van der Waals surface area contributed by atoms with Crippen LogP contribution in [0.25, 0.3) is 0 Å². The Bertz CT molecular complexity index is 365. The van der Waals surface area contributed by atoms with Crippen molar-refractivity contribution < 1.29 is 20.1 Å². The molecule has 0 aliphatic carbocycles. The van der Waals surface area contributed by atoms with E-state index in [-0.39, 0.29) is 17.9 Å². The lowest BCUT2D eigenvalue weighted by Crippen LogP contribution is -2.15. The summed E-state index contributed by atoms with van der Waals surface area (Å²) in [5, 5.41) is 29.9. The van der Waals surface area contributed by atoms with Crippen molar-refractivity contribution in [1.29, 1.82) is 0 Å². The van der Waals surface area contributed by atoms with Gasteiger partial charge in [-0.1, -0.05) is 6.07 Å². The molecule has 0 aromatic heterocycles. The quantitative estimate of drug-likeness (QED) is 0.543. The Balaban J connectivity index is 2.29. The number of benzene rings is 1. The highest BCUT2D eigenvalue weighted by atomic mass is 16.4. The summed E-state index contributed by atoms with van der Waals surface area (Å²) in [7, 11) is 0. The Kier molecular flexibility index (Phi) is 4.60. The minimum Gasteiger partial charge on any atom is -0.508 e. The van der Waals surface area contributed by atoms with Crippen molar-refractivity contribution in [1.82, 2.24) is 5.32 Å². The van der Waals surface area contributed by atoms with Crippen LogP contribution < -0.4 is 5.32 Å². The van der Waals surface area contributed by atoms with Gasteiger partial charge in [-0.2, -0.15) is 0 Å². The Labute approximate surface area is 93.4 Å². The van der Waals surface area contributed by atoms with Gasteiger partial charge >= 0.3 is 5.97 Å². The topological polar surface area (TPSA) is 89.8 Å². The SMILES string of the molecule is O=C(O)CCCNCc1ccc(O)cc1O. The Morgan fingerprint density at radius 2 is 2.06 bits per heavy atom. The number of aromatic hydroxyl groups is 2. The van der Waals surface area contributed by atoms with Gasteiger partial charge in [-0.15, -0.1) is 0 Å². The Hall–Kier alpha value is -1.75. The van der Waals surface area contributed by atoms with E-state index in [4.69, 9.17) is 10.2 Å². The second-order valence-corrected chi connectivity index (χ2v) is 3.49. The third-order valence-electron chi connectivity index (χ3n) is 2.13. The summed E-state index contributed by atoms with van der Waals surface area (Å²) in [6.07, 6.45) is 0.683. The van der Waals surface area contributed by atoms with Gasteiger partial charge in [0.2, 0.25) is 0 Å². The van der Waals surface area contributed by atoms with Gasteiger partial charge in [-0.05, 0) is 19.0 Å². The summed E-state index contributed by atoms with van der Waals surface area (Å²) in [5.74, 6) is -0.757. The number of hydrogen-bond acceptors (Lipinski definition) is 4. The van der Waals surface area contributed by atoms with Gasteiger partial charge < -0.3 is 20.6 Å². The molecule has 0 aliphatic rings. The van der Waals surface area contributed by atoms with Gasteiger partial charge in [0, 0.05) is 24.6 Å². The fraction of sp³-hybridized carbons (Fsp3) is 0.364. The molecule has 0 amide bonds. The van der Waals surface area contributed by atoms with Gasteiger partial charge in [-0.25, -0.2) is 0 Å². The molecule has 0 saturated carbocycles. The molecule has 5 nitrogen and oxygen atoms in total. The standard InChI is InChI=1S/C11H15NO4/c13-9-4-3-8(10(14)6-9)7-12-5-1-2-11(15)16/h3-4,6,12-14H,1-2,5,7H2,(H,15,16). The molecule has 88 valence electrons. The molecule has 0 spiro atoms. The maximum atomic E-state index is 10.2. The Morgan fingerprint density at radius 1 is 1.31 bits per heavy atom. The fourth-order valence-electron chi connectivity index (χ4n) is 1.29. The number of aliphatic carboxylic acids is 1. The van der Waals surface area contributed by atoms with Crippen molar-refractivity contribution in [3.05, 3.63) is 23.8 Å². The van der Waals surface area contributed by atoms with E-state index >= 15 is 0 Å². The second kappa shape index (κ2) is 5.97. The van der Waals surface area contributed by atoms with Crippen LogP contribution in [-0.2, 0) is 11.3 Å². The van der Waals surface area contributed by atoms with Crippen LogP contribution in [0.1, 0.15) is 18.4 Å². The van der Waals surface area contributed by atoms with E-state index < -0.39 is 5.97 Å². The molecule has 1 rings (SSSR count). The first-order chi connectivity index (χ1) is 7.59. The van der Waals surface area contributed by atoms with Crippen LogP contribution in [0.3, 0.4) is 0 Å². The minimum atomic E-state index is -0.811. The van der Waals surface area contributed by atoms with E-state index in [1.54, 1.807) is 6.07 Å². The van der Waals surface area contributed by atoms with Crippen molar-refractivity contribution in [2.45, 2.75) is 19.4 Å². The van der Waals surface area contributed by atoms with E-state index in [1.165, 1.54) is 12.1 Å². The summed E-state index contributed by atoms with van der Waals surface area (Å²) in [4.78, 5) is 10.2. The van der Waals surface area contributed by atoms with Crippen LogP contribution in [0.4, 0.5) is 0 Å². The molecule has 0 atom stereocenters. The van der Waals surface area contributed by atoms with E-state index in [0.717, 1.165) is 0 Å². The maximum Gasteiger partial charge on any atom is 0.303 e. The predicted octanol–water partition coefficient (Wildman–Crippen LogP) is 1.05. The molecule has 0 saturated heterocycles. The highest BCUT2D eigenvalue weighted by Crippen LogP contribution is 2.22. The van der Waals surface area contributed by atoms with Gasteiger partial charge in [-0.3, -0.25) is 4.79 Å². The molecule has 1 aromatic rings. The van der Waals surface area contributed by atoms with Gasteiger partial charge in [0.05, 0.1) is 0 Å². The summed E-state index contributed by atoms with van der Waals surface area (Å²) in [6, 6.07) is 4.39. The monoisotopic (exact) mass is 225 g/mol. The number of rotatable bonds is 6. The maximum absolute atomic E-state index is 10.2. The highest BCUT2D eigenvalue weighted by Gasteiger charge is 2.02. The van der Waals surface area contributed by atoms with Gasteiger partial charge in [0.25, 0.3) is 0 Å². The molecule has 0 bridgehead atoms. The van der Waals surface area contributed by atoms with E-state index in [0.29, 0.717) is 25.1 Å². The smallest absolute Gasteiger partial charge is 0.303 e. The van der Waals surface area contributed by atoms with Crippen molar-refractivity contribution in [2.24, 2.45) is 0 Å². The number of hydrogen-bond donors (Lipinski definition) is 4. The van der Waals surface area contributed by atoms with Crippen molar-refractivity contribution in [2.75, 3.05) is 6.54 Å². The molecule has 0 radical (unpaired) electrons. The molecule has 4 N–H and O–H groups in total. The van der Waals surface area contributed by atoms with Crippen LogP contribution in [0.2, 0.25) is 0 Å². The summed E-state index contributed by atoms with van der Waals surface area (Å²) in [6.45, 7) is 1.03. The van der Waals surface area contributed by atoms with Crippen LogP contribution in [-0.4, -0.2) is 27.8 Å². The van der Waals surface area contributed by atoms with Crippen LogP contribution in [0, 0.1) is 0 Å². The second-order valence-electron chi connectivity index (χ2n) is 3.49. The van der Waals surface area contributed by atoms with E-state index in [9.17, 15) is 9.90 Å². The highest BCUT2D eigenvalue weighted by molar-refractivity contribution is 5.66. The van der Waals surface area contributed by atoms with E-state index in [1.807, 2.05) is 0 Å². The van der Waals surface area contributed by atoms with Crippen LogP contribution >= 0.6 is 0 Å². The third-order valence-corrected chi connectivity index (χ3v) is 2.13. The molecule has 0 unspecified atom stereocenters. The summed E-state index contributed by atoms with van der Waals surface area (Å²) >= 11 is 0. The van der Waals surface area contributed by atoms with Crippen molar-refractivity contribution >= 4 is 5.97 Å². The Morgan fingerprint density at radius 3 is 2.69 bits per heavy atom. The van der Waals surface area contributed by atoms with Crippen LogP contribution in [0.15, 0.2) is 18.2 Å². The van der Waals surface area contributed by atoms with E-state index in [2.05, 4.69) is 5.32 Å². The molecule has 0 heterocycles. The number of nitrogens with one attached hydrogen (secondary N) is 1. The molecule has 0 fully saturated rings. The van der Waals surface area contributed by atoms with Crippen molar-refractivity contribution in [3.63, 3.8) is 0 Å². The zero-order valence-corrected chi connectivity index (χ0v) is 8.81. The normalized spacial score (nSPS) is 10.2. The molecular formula is C11H15NO4. The number of carboxylic acid groups (broad SMARTS) is 1.